The highest BCUT2D eigenvalue weighted by molar-refractivity contribution is 6.29. The zero-order valence-corrected chi connectivity index (χ0v) is 12.2. The Balaban J connectivity index is 2.04. The Hall–Kier alpha value is -1.45. The number of hydrogen-bond donors (Lipinski definition) is 0. The Kier molecular flexibility index (Phi) is 3.99. The topological polar surface area (TPSA) is 35.0 Å². The molecule has 1 aliphatic rings. The van der Waals surface area contributed by atoms with Crippen molar-refractivity contribution in [3.05, 3.63) is 46.9 Å². The van der Waals surface area contributed by atoms with Gasteiger partial charge in [-0.25, -0.2) is 9.97 Å². The van der Waals surface area contributed by atoms with E-state index >= 15 is 0 Å². The van der Waals surface area contributed by atoms with Crippen molar-refractivity contribution in [3.63, 3.8) is 0 Å². The highest BCUT2D eigenvalue weighted by atomic mass is 35.5. The maximum atomic E-state index is 6.11. The second-order valence-electron chi connectivity index (χ2n) is 5.14. The molecule has 0 aliphatic heterocycles. The van der Waals surface area contributed by atoms with Gasteiger partial charge in [0, 0.05) is 18.7 Å². The van der Waals surface area contributed by atoms with E-state index in [1.807, 2.05) is 12.1 Å². The van der Waals surface area contributed by atoms with Gasteiger partial charge in [0.25, 0.3) is 0 Å². The predicted octanol–water partition coefficient (Wildman–Crippen LogP) is 4.21. The van der Waals surface area contributed by atoms with Crippen molar-refractivity contribution in [1.82, 2.24) is 9.97 Å². The van der Waals surface area contributed by atoms with E-state index in [9.17, 15) is 0 Å². The lowest BCUT2D eigenvalue weighted by Gasteiger charge is -2.27. The summed E-state index contributed by atoms with van der Waals surface area (Å²) in [4.78, 5) is 8.76. The van der Waals surface area contributed by atoms with Crippen molar-refractivity contribution in [3.8, 4) is 11.3 Å². The first kappa shape index (κ1) is 13.5. The van der Waals surface area contributed by atoms with E-state index in [4.69, 9.17) is 16.3 Å². The van der Waals surface area contributed by atoms with Crippen molar-refractivity contribution in [2.75, 3.05) is 7.11 Å². The van der Waals surface area contributed by atoms with E-state index < -0.39 is 0 Å². The number of benzene rings is 1. The zero-order valence-electron chi connectivity index (χ0n) is 11.5. The van der Waals surface area contributed by atoms with E-state index in [0.29, 0.717) is 23.5 Å². The van der Waals surface area contributed by atoms with Crippen LogP contribution in [0.2, 0.25) is 5.15 Å². The molecule has 2 aromatic rings. The molecule has 0 N–H and O–H groups in total. The molecule has 1 heterocycles. The summed E-state index contributed by atoms with van der Waals surface area (Å²) in [6.45, 7) is 0.374. The van der Waals surface area contributed by atoms with E-state index in [1.165, 1.54) is 30.4 Å². The van der Waals surface area contributed by atoms with Crippen molar-refractivity contribution < 1.29 is 4.74 Å². The van der Waals surface area contributed by atoms with Gasteiger partial charge in [-0.05, 0) is 24.3 Å². The predicted molar refractivity (Wildman–Crippen MR) is 79.8 cm³/mol. The minimum absolute atomic E-state index is 0.374. The molecule has 104 valence electrons. The van der Waals surface area contributed by atoms with Crippen molar-refractivity contribution in [2.45, 2.75) is 31.8 Å². The average molecular weight is 289 g/mol. The molecule has 3 rings (SSSR count). The van der Waals surface area contributed by atoms with Crippen LogP contribution in [0, 0.1) is 0 Å². The molecule has 0 atom stereocenters. The molecule has 0 saturated heterocycles. The monoisotopic (exact) mass is 288 g/mol. The number of rotatable bonds is 4. The first-order valence-electron chi connectivity index (χ1n) is 6.89. The molecule has 4 heteroatoms. The van der Waals surface area contributed by atoms with Crippen LogP contribution < -0.4 is 0 Å². The van der Waals surface area contributed by atoms with Gasteiger partial charge in [-0.3, -0.25) is 0 Å². The molecule has 1 aliphatic carbocycles. The summed E-state index contributed by atoms with van der Waals surface area (Å²) < 4.78 is 5.10. The Morgan fingerprint density at radius 1 is 1.25 bits per heavy atom. The molecule has 1 fully saturated rings. The minimum Gasteiger partial charge on any atom is -0.377 e. The number of ether oxygens (including phenoxy) is 1. The summed E-state index contributed by atoms with van der Waals surface area (Å²) in [6, 6.07) is 10.3. The summed E-state index contributed by atoms with van der Waals surface area (Å²) >= 11 is 6.11. The highest BCUT2D eigenvalue weighted by Gasteiger charge is 2.23. The molecule has 0 amide bonds. The number of halogens is 1. The minimum atomic E-state index is 0.374. The fourth-order valence-corrected chi connectivity index (χ4v) is 2.80. The van der Waals surface area contributed by atoms with Crippen molar-refractivity contribution >= 4 is 11.6 Å². The first-order valence-corrected chi connectivity index (χ1v) is 7.27. The lowest BCUT2D eigenvalue weighted by atomic mass is 9.78. The molecule has 1 saturated carbocycles. The van der Waals surface area contributed by atoms with E-state index in [-0.39, 0.29) is 0 Å². The Morgan fingerprint density at radius 3 is 2.75 bits per heavy atom. The quantitative estimate of drug-likeness (QED) is 0.791. The van der Waals surface area contributed by atoms with Gasteiger partial charge in [0.15, 0.2) is 5.82 Å². The maximum Gasteiger partial charge on any atom is 0.156 e. The summed E-state index contributed by atoms with van der Waals surface area (Å²) in [5.41, 5.74) is 3.43. The standard InChI is InChI=1S/C16H17ClN2O/c1-20-10-16-18-14(9-15(17)19-16)13-8-3-2-7-12(13)11-5-4-6-11/h2-3,7-9,11H,4-6,10H2,1H3. The molecular weight excluding hydrogens is 272 g/mol. The third-order valence-corrected chi connectivity index (χ3v) is 3.99. The summed E-state index contributed by atoms with van der Waals surface area (Å²) in [7, 11) is 1.63. The van der Waals surface area contributed by atoms with Gasteiger partial charge in [0.05, 0.1) is 5.69 Å². The molecule has 1 aromatic carbocycles. The van der Waals surface area contributed by atoms with E-state index in [1.54, 1.807) is 7.11 Å². The molecule has 20 heavy (non-hydrogen) atoms. The lowest BCUT2D eigenvalue weighted by Crippen LogP contribution is -2.10. The second kappa shape index (κ2) is 5.90. The maximum absolute atomic E-state index is 6.11. The fraction of sp³-hybridized carbons (Fsp3) is 0.375. The number of hydrogen-bond acceptors (Lipinski definition) is 3. The van der Waals surface area contributed by atoms with Crippen LogP contribution in [0.15, 0.2) is 30.3 Å². The van der Waals surface area contributed by atoms with Gasteiger partial charge in [-0.1, -0.05) is 42.3 Å². The number of aromatic nitrogens is 2. The smallest absolute Gasteiger partial charge is 0.156 e. The van der Waals surface area contributed by atoms with Gasteiger partial charge < -0.3 is 4.74 Å². The van der Waals surface area contributed by atoms with E-state index in [0.717, 1.165) is 5.69 Å². The van der Waals surface area contributed by atoms with Crippen molar-refractivity contribution in [2.24, 2.45) is 0 Å². The SMILES string of the molecule is COCc1nc(Cl)cc(-c2ccccc2C2CCC2)n1. The van der Waals surface area contributed by atoms with Gasteiger partial charge in [-0.2, -0.15) is 0 Å². The molecule has 0 radical (unpaired) electrons. The Morgan fingerprint density at radius 2 is 2.05 bits per heavy atom. The largest absolute Gasteiger partial charge is 0.377 e. The van der Waals surface area contributed by atoms with Crippen LogP contribution in [-0.4, -0.2) is 17.1 Å². The number of nitrogens with zero attached hydrogens (tertiary/aromatic N) is 2. The van der Waals surface area contributed by atoms with Gasteiger partial charge in [0.1, 0.15) is 11.8 Å². The van der Waals surface area contributed by atoms with Crippen LogP contribution in [0.1, 0.15) is 36.6 Å². The summed E-state index contributed by atoms with van der Waals surface area (Å²) in [5.74, 6) is 1.28. The Labute approximate surface area is 124 Å². The fourth-order valence-electron chi connectivity index (χ4n) is 2.60. The zero-order chi connectivity index (χ0) is 13.9. The van der Waals surface area contributed by atoms with Gasteiger partial charge in [0.2, 0.25) is 0 Å². The number of methoxy groups -OCH3 is 1. The molecule has 1 aromatic heterocycles. The molecule has 0 bridgehead atoms. The Bertz CT molecular complexity index is 611. The molecule has 0 spiro atoms. The molecule has 0 unspecified atom stereocenters. The summed E-state index contributed by atoms with van der Waals surface area (Å²) in [5, 5.41) is 0.463. The second-order valence-corrected chi connectivity index (χ2v) is 5.53. The van der Waals surface area contributed by atoms with Crippen molar-refractivity contribution in [1.29, 1.82) is 0 Å². The lowest BCUT2D eigenvalue weighted by molar-refractivity contribution is 0.178. The third kappa shape index (κ3) is 2.69. The van der Waals surface area contributed by atoms with Crippen LogP contribution in [0.4, 0.5) is 0 Å². The van der Waals surface area contributed by atoms with Crippen LogP contribution in [0.25, 0.3) is 11.3 Å². The summed E-state index contributed by atoms with van der Waals surface area (Å²) in [6.07, 6.45) is 3.85. The van der Waals surface area contributed by atoms with Crippen LogP contribution in [-0.2, 0) is 11.3 Å². The molecule has 3 nitrogen and oxygen atoms in total. The van der Waals surface area contributed by atoms with Gasteiger partial charge >= 0.3 is 0 Å². The first-order chi connectivity index (χ1) is 9.78. The third-order valence-electron chi connectivity index (χ3n) is 3.80. The normalized spacial score (nSPS) is 15.1. The van der Waals surface area contributed by atoms with Gasteiger partial charge in [-0.15, -0.1) is 0 Å². The average Bonchev–Trinajstić information content (AvgIpc) is 2.37. The van der Waals surface area contributed by atoms with E-state index in [2.05, 4.69) is 28.2 Å². The van der Waals surface area contributed by atoms with Crippen LogP contribution in [0.3, 0.4) is 0 Å². The van der Waals surface area contributed by atoms with Crippen LogP contribution >= 0.6 is 11.6 Å². The van der Waals surface area contributed by atoms with Crippen LogP contribution in [0.5, 0.6) is 0 Å². The highest BCUT2D eigenvalue weighted by Crippen LogP contribution is 2.40. The molecular formula is C16H17ClN2O.